The molecule has 0 bridgehead atoms. The molecule has 8 heteroatoms. The number of methoxy groups -OCH3 is 1. The molecule has 2 amide bonds. The van der Waals surface area contributed by atoms with Crippen molar-refractivity contribution in [3.63, 3.8) is 0 Å². The first-order valence-corrected chi connectivity index (χ1v) is 7.79. The second kappa shape index (κ2) is 6.76. The van der Waals surface area contributed by atoms with E-state index < -0.39 is 18.0 Å². The van der Waals surface area contributed by atoms with E-state index in [1.807, 2.05) is 6.07 Å². The number of nitrogens with zero attached hydrogens (tertiary/aromatic N) is 1. The molecule has 2 N–H and O–H groups in total. The molecule has 0 saturated carbocycles. The summed E-state index contributed by atoms with van der Waals surface area (Å²) >= 11 is 6.67. The first-order chi connectivity index (χ1) is 9.92. The average Bonchev–Trinajstić information content (AvgIpc) is 2.87. The van der Waals surface area contributed by atoms with Crippen LogP contribution in [0.3, 0.4) is 0 Å². The van der Waals surface area contributed by atoms with Crippen molar-refractivity contribution in [3.05, 3.63) is 27.1 Å². The van der Waals surface area contributed by atoms with Gasteiger partial charge in [0.1, 0.15) is 6.04 Å². The van der Waals surface area contributed by atoms with Crippen molar-refractivity contribution in [1.29, 1.82) is 0 Å². The van der Waals surface area contributed by atoms with E-state index in [9.17, 15) is 14.7 Å². The van der Waals surface area contributed by atoms with Crippen LogP contribution >= 0.6 is 31.9 Å². The quantitative estimate of drug-likeness (QED) is 0.786. The van der Waals surface area contributed by atoms with Crippen molar-refractivity contribution in [2.45, 2.75) is 18.6 Å². The molecule has 1 aromatic carbocycles. The Labute approximate surface area is 138 Å². The number of urea groups is 1. The third kappa shape index (κ3) is 3.75. The average molecular weight is 422 g/mol. The standard InChI is InChI=1S/C13H14Br2N2O4/c1-21-8-5-11(12(18)19)17(6-8)13(20)16-10-4-7(14)2-3-9(10)15/h2-4,8,11H,5-6H2,1H3,(H,16,20)(H,18,19). The summed E-state index contributed by atoms with van der Waals surface area (Å²) in [5, 5.41) is 11.9. The van der Waals surface area contributed by atoms with Crippen LogP contribution in [0.2, 0.25) is 0 Å². The zero-order valence-corrected chi connectivity index (χ0v) is 14.3. The Balaban J connectivity index is 2.15. The van der Waals surface area contributed by atoms with Crippen LogP contribution in [0.15, 0.2) is 27.1 Å². The highest BCUT2D eigenvalue weighted by Gasteiger charge is 2.40. The Kier molecular flexibility index (Phi) is 5.23. The molecule has 0 radical (unpaired) electrons. The summed E-state index contributed by atoms with van der Waals surface area (Å²) in [5.74, 6) is -1.03. The van der Waals surface area contributed by atoms with Gasteiger partial charge in [0, 0.05) is 29.0 Å². The maximum atomic E-state index is 12.3. The van der Waals surface area contributed by atoms with Crippen LogP contribution in [0.25, 0.3) is 0 Å². The van der Waals surface area contributed by atoms with Gasteiger partial charge in [0.15, 0.2) is 0 Å². The lowest BCUT2D eigenvalue weighted by Crippen LogP contribution is -2.43. The van der Waals surface area contributed by atoms with Gasteiger partial charge in [-0.2, -0.15) is 0 Å². The van der Waals surface area contributed by atoms with E-state index >= 15 is 0 Å². The number of carboxylic acid groups (broad SMARTS) is 1. The van der Waals surface area contributed by atoms with Gasteiger partial charge in [0.25, 0.3) is 0 Å². The highest BCUT2D eigenvalue weighted by atomic mass is 79.9. The summed E-state index contributed by atoms with van der Waals surface area (Å²) in [6, 6.07) is 4.02. The second-order valence-electron chi connectivity index (χ2n) is 4.65. The fraction of sp³-hybridized carbons (Fsp3) is 0.385. The van der Waals surface area contributed by atoms with Crippen molar-refractivity contribution in [2.24, 2.45) is 0 Å². The second-order valence-corrected chi connectivity index (χ2v) is 6.42. The van der Waals surface area contributed by atoms with Crippen LogP contribution in [0.4, 0.5) is 10.5 Å². The molecule has 1 saturated heterocycles. The number of amides is 2. The molecule has 1 fully saturated rings. The molecule has 114 valence electrons. The molecule has 2 unspecified atom stereocenters. The lowest BCUT2D eigenvalue weighted by atomic mass is 10.2. The number of hydrogen-bond donors (Lipinski definition) is 2. The van der Waals surface area contributed by atoms with E-state index in [2.05, 4.69) is 37.2 Å². The zero-order chi connectivity index (χ0) is 15.6. The number of carbonyl (C=O) groups is 2. The van der Waals surface area contributed by atoms with Crippen LogP contribution in [0.5, 0.6) is 0 Å². The lowest BCUT2D eigenvalue weighted by Gasteiger charge is -2.22. The van der Waals surface area contributed by atoms with Crippen LogP contribution in [0, 0.1) is 0 Å². The Morgan fingerprint density at radius 2 is 2.14 bits per heavy atom. The molecule has 0 aromatic heterocycles. The van der Waals surface area contributed by atoms with Crippen molar-refractivity contribution in [1.82, 2.24) is 4.90 Å². The predicted octanol–water partition coefficient (Wildman–Crippen LogP) is 2.92. The zero-order valence-electron chi connectivity index (χ0n) is 11.2. The van der Waals surface area contributed by atoms with E-state index in [1.165, 1.54) is 12.0 Å². The maximum absolute atomic E-state index is 12.3. The minimum atomic E-state index is -1.03. The fourth-order valence-electron chi connectivity index (χ4n) is 2.21. The summed E-state index contributed by atoms with van der Waals surface area (Å²) in [5.41, 5.74) is 0.569. The normalized spacial score (nSPS) is 21.4. The third-order valence-corrected chi connectivity index (χ3v) is 4.50. The minimum Gasteiger partial charge on any atom is -0.480 e. The van der Waals surface area contributed by atoms with Crippen LogP contribution in [0.1, 0.15) is 6.42 Å². The summed E-state index contributed by atoms with van der Waals surface area (Å²) in [6.45, 7) is 0.255. The number of rotatable bonds is 3. The smallest absolute Gasteiger partial charge is 0.326 e. The fourth-order valence-corrected chi connectivity index (χ4v) is 2.91. The summed E-state index contributed by atoms with van der Waals surface area (Å²) in [4.78, 5) is 24.9. The number of hydrogen-bond acceptors (Lipinski definition) is 3. The molecular formula is C13H14Br2N2O4. The number of likely N-dealkylation sites (tertiary alicyclic amines) is 1. The summed E-state index contributed by atoms with van der Waals surface area (Å²) in [7, 11) is 1.51. The van der Waals surface area contributed by atoms with E-state index in [-0.39, 0.29) is 12.6 Å². The van der Waals surface area contributed by atoms with Gasteiger partial charge in [-0.25, -0.2) is 9.59 Å². The van der Waals surface area contributed by atoms with Crippen molar-refractivity contribution in [2.75, 3.05) is 19.0 Å². The van der Waals surface area contributed by atoms with Gasteiger partial charge < -0.3 is 20.1 Å². The number of carboxylic acids is 1. The summed E-state index contributed by atoms with van der Waals surface area (Å²) in [6.07, 6.45) is 0.0293. The van der Waals surface area contributed by atoms with E-state index in [4.69, 9.17) is 4.74 Å². The number of carbonyl (C=O) groups excluding carboxylic acids is 1. The highest BCUT2D eigenvalue weighted by molar-refractivity contribution is 9.11. The van der Waals surface area contributed by atoms with Crippen molar-refractivity contribution in [3.8, 4) is 0 Å². The molecular weight excluding hydrogens is 408 g/mol. The van der Waals surface area contributed by atoms with Gasteiger partial charge >= 0.3 is 12.0 Å². The Morgan fingerprint density at radius 3 is 2.76 bits per heavy atom. The van der Waals surface area contributed by atoms with E-state index in [0.29, 0.717) is 16.6 Å². The molecule has 1 aliphatic heterocycles. The molecule has 2 rings (SSSR count). The SMILES string of the molecule is COC1CC(C(=O)O)N(C(=O)Nc2cc(Br)ccc2Br)C1. The van der Waals surface area contributed by atoms with Crippen molar-refractivity contribution >= 4 is 49.5 Å². The highest BCUT2D eigenvalue weighted by Crippen LogP contribution is 2.28. The molecule has 0 spiro atoms. The van der Waals surface area contributed by atoms with E-state index in [0.717, 1.165) is 4.47 Å². The first-order valence-electron chi connectivity index (χ1n) is 6.20. The van der Waals surface area contributed by atoms with Gasteiger partial charge in [-0.05, 0) is 34.1 Å². The molecule has 6 nitrogen and oxygen atoms in total. The molecule has 1 aliphatic rings. The number of ether oxygens (including phenoxy) is 1. The molecule has 2 atom stereocenters. The third-order valence-electron chi connectivity index (χ3n) is 3.31. The molecule has 1 aromatic rings. The molecule has 21 heavy (non-hydrogen) atoms. The van der Waals surface area contributed by atoms with E-state index in [1.54, 1.807) is 12.1 Å². The first kappa shape index (κ1) is 16.3. The Morgan fingerprint density at radius 1 is 1.43 bits per heavy atom. The van der Waals surface area contributed by atoms with Crippen LogP contribution < -0.4 is 5.32 Å². The maximum Gasteiger partial charge on any atom is 0.326 e. The Bertz CT molecular complexity index is 567. The molecule has 0 aliphatic carbocycles. The number of nitrogens with one attached hydrogen (secondary N) is 1. The number of halogens is 2. The molecule has 1 heterocycles. The van der Waals surface area contributed by atoms with Gasteiger partial charge in [-0.15, -0.1) is 0 Å². The minimum absolute atomic E-state index is 0.255. The monoisotopic (exact) mass is 420 g/mol. The Hall–Kier alpha value is -1.12. The van der Waals surface area contributed by atoms with Crippen LogP contribution in [-0.2, 0) is 9.53 Å². The number of benzene rings is 1. The number of anilines is 1. The van der Waals surface area contributed by atoms with Gasteiger partial charge in [0.2, 0.25) is 0 Å². The topological polar surface area (TPSA) is 78.9 Å². The predicted molar refractivity (Wildman–Crippen MR) is 84.4 cm³/mol. The lowest BCUT2D eigenvalue weighted by molar-refractivity contribution is -0.141. The largest absolute Gasteiger partial charge is 0.480 e. The summed E-state index contributed by atoms with van der Waals surface area (Å²) < 4.78 is 6.69. The van der Waals surface area contributed by atoms with Gasteiger partial charge in [-0.1, -0.05) is 15.9 Å². The number of aliphatic carboxylic acids is 1. The van der Waals surface area contributed by atoms with Crippen LogP contribution in [-0.4, -0.2) is 47.8 Å². The van der Waals surface area contributed by atoms with Gasteiger partial charge in [0.05, 0.1) is 11.8 Å². The van der Waals surface area contributed by atoms with Gasteiger partial charge in [-0.3, -0.25) is 0 Å². The van der Waals surface area contributed by atoms with Crippen molar-refractivity contribution < 1.29 is 19.4 Å².